The number of hydrogen-bond acceptors (Lipinski definition) is 4. The van der Waals surface area contributed by atoms with Gasteiger partial charge in [0.2, 0.25) is 5.89 Å². The van der Waals surface area contributed by atoms with Gasteiger partial charge in [-0.15, -0.1) is 0 Å². The zero-order valence-corrected chi connectivity index (χ0v) is 17.8. The molecule has 4 nitrogen and oxygen atoms in total. The molecule has 0 aliphatic carbocycles. The fraction of sp³-hybridized carbons (Fsp3) is 0.185. The first kappa shape index (κ1) is 20.6. The molecule has 0 aliphatic heterocycles. The number of fused-ring (bicyclic) bond motifs is 1. The number of rotatable bonds is 8. The lowest BCUT2D eigenvalue weighted by atomic mass is 10.0. The highest BCUT2D eigenvalue weighted by Crippen LogP contribution is 2.27. The minimum Gasteiger partial charge on any atom is -0.494 e. The van der Waals surface area contributed by atoms with Gasteiger partial charge in [0.1, 0.15) is 11.3 Å². The van der Waals surface area contributed by atoms with Gasteiger partial charge in [0.25, 0.3) is 0 Å². The number of hydrogen-bond donors (Lipinski definition) is 0. The highest BCUT2D eigenvalue weighted by atomic mass is 16.5. The average molecular weight is 412 g/mol. The summed E-state index contributed by atoms with van der Waals surface area (Å²) in [5.74, 6) is 0.929. The van der Waals surface area contributed by atoms with Crippen LogP contribution >= 0.6 is 0 Å². The molecule has 1 heterocycles. The Labute approximate surface area is 182 Å². The number of nitrogens with zero attached hydrogens (tertiary/aromatic N) is 1. The van der Waals surface area contributed by atoms with E-state index in [0.29, 0.717) is 29.2 Å². The van der Waals surface area contributed by atoms with E-state index in [-0.39, 0.29) is 5.78 Å². The fourth-order valence-corrected chi connectivity index (χ4v) is 3.23. The van der Waals surface area contributed by atoms with Crippen LogP contribution in [-0.2, 0) is 0 Å². The van der Waals surface area contributed by atoms with E-state index in [9.17, 15) is 4.79 Å². The van der Waals surface area contributed by atoms with Crippen LogP contribution < -0.4 is 4.74 Å². The van der Waals surface area contributed by atoms with Crippen molar-refractivity contribution >= 4 is 28.5 Å². The maximum absolute atomic E-state index is 13.5. The molecule has 4 aromatic rings. The lowest BCUT2D eigenvalue weighted by molar-refractivity contribution is 0.105. The Balaban J connectivity index is 1.69. The van der Waals surface area contributed by atoms with Gasteiger partial charge in [-0.05, 0) is 61.4 Å². The van der Waals surface area contributed by atoms with Gasteiger partial charge in [0.05, 0.1) is 12.2 Å². The number of unbranched alkanes of at least 4 members (excludes halogenated alkanes) is 1. The van der Waals surface area contributed by atoms with Crippen LogP contribution in [0.2, 0.25) is 0 Å². The van der Waals surface area contributed by atoms with Crippen molar-refractivity contribution in [1.29, 1.82) is 0 Å². The van der Waals surface area contributed by atoms with Gasteiger partial charge in [0, 0.05) is 5.56 Å². The number of oxazole rings is 1. The van der Waals surface area contributed by atoms with Crippen molar-refractivity contribution in [2.45, 2.75) is 26.7 Å². The van der Waals surface area contributed by atoms with Gasteiger partial charge in [-0.1, -0.05) is 55.3 Å². The first-order valence-electron chi connectivity index (χ1n) is 10.6. The summed E-state index contributed by atoms with van der Waals surface area (Å²) in [6, 6.07) is 22.7. The highest BCUT2D eigenvalue weighted by molar-refractivity contribution is 6.31. The monoisotopic (exact) mass is 411 g/mol. The van der Waals surface area contributed by atoms with Crippen LogP contribution in [0.1, 0.15) is 47.1 Å². The highest BCUT2D eigenvalue weighted by Gasteiger charge is 2.20. The summed E-state index contributed by atoms with van der Waals surface area (Å²) < 4.78 is 11.6. The molecule has 0 atom stereocenters. The van der Waals surface area contributed by atoms with Gasteiger partial charge >= 0.3 is 0 Å². The van der Waals surface area contributed by atoms with Gasteiger partial charge in [-0.3, -0.25) is 4.79 Å². The summed E-state index contributed by atoms with van der Waals surface area (Å²) in [7, 11) is 0. The number of aryl methyl sites for hydroxylation is 1. The number of ketones is 1. The van der Waals surface area contributed by atoms with E-state index in [1.165, 1.54) is 0 Å². The Kier molecular flexibility index (Phi) is 6.27. The summed E-state index contributed by atoms with van der Waals surface area (Å²) in [5.41, 5.74) is 4.42. The molecular weight excluding hydrogens is 386 g/mol. The number of benzene rings is 3. The predicted molar refractivity (Wildman–Crippen MR) is 124 cm³/mol. The number of carbonyl (C=O) groups excluding carboxylic acids is 1. The SMILES string of the molecule is CCCCOc1ccc(C(=O)/C(=C/c2ccc(C)cc2)c2nc3ccccc3o2)cc1. The Morgan fingerprint density at radius 3 is 2.45 bits per heavy atom. The quantitative estimate of drug-likeness (QED) is 0.183. The second-order valence-corrected chi connectivity index (χ2v) is 7.51. The third kappa shape index (κ3) is 4.92. The van der Waals surface area contributed by atoms with Gasteiger partial charge in [0.15, 0.2) is 11.4 Å². The largest absolute Gasteiger partial charge is 0.494 e. The predicted octanol–water partition coefficient (Wildman–Crippen LogP) is 6.74. The second kappa shape index (κ2) is 9.43. The zero-order valence-electron chi connectivity index (χ0n) is 17.8. The summed E-state index contributed by atoms with van der Waals surface area (Å²) in [6.45, 7) is 4.83. The summed E-state index contributed by atoms with van der Waals surface area (Å²) in [4.78, 5) is 18.0. The molecule has 0 radical (unpaired) electrons. The molecule has 0 saturated heterocycles. The zero-order chi connectivity index (χ0) is 21.6. The van der Waals surface area contributed by atoms with E-state index >= 15 is 0 Å². The van der Waals surface area contributed by atoms with Crippen LogP contribution in [0.5, 0.6) is 5.75 Å². The van der Waals surface area contributed by atoms with Crippen molar-refractivity contribution in [2.24, 2.45) is 0 Å². The molecule has 0 saturated carbocycles. The lowest BCUT2D eigenvalue weighted by Gasteiger charge is -2.07. The van der Waals surface area contributed by atoms with E-state index in [1.807, 2.05) is 73.7 Å². The summed E-state index contributed by atoms with van der Waals surface area (Å²) >= 11 is 0. The molecule has 3 aromatic carbocycles. The average Bonchev–Trinajstić information content (AvgIpc) is 3.23. The van der Waals surface area contributed by atoms with Crippen molar-refractivity contribution in [1.82, 2.24) is 4.98 Å². The summed E-state index contributed by atoms with van der Waals surface area (Å²) in [6.07, 6.45) is 3.91. The molecule has 0 N–H and O–H groups in total. The van der Waals surface area contributed by atoms with Crippen LogP contribution in [0.15, 0.2) is 77.2 Å². The van der Waals surface area contributed by atoms with E-state index in [2.05, 4.69) is 11.9 Å². The van der Waals surface area contributed by atoms with Gasteiger partial charge < -0.3 is 9.15 Å². The first-order valence-corrected chi connectivity index (χ1v) is 10.6. The standard InChI is InChI=1S/C27H25NO3/c1-3-4-17-30-22-15-13-21(14-16-22)26(29)23(18-20-11-9-19(2)10-12-20)27-28-24-7-5-6-8-25(24)31-27/h5-16,18H,3-4,17H2,1-2H3/b23-18-. The topological polar surface area (TPSA) is 52.3 Å². The number of ether oxygens (including phenoxy) is 1. The number of aromatic nitrogens is 1. The molecule has 0 unspecified atom stereocenters. The third-order valence-electron chi connectivity index (χ3n) is 5.04. The van der Waals surface area contributed by atoms with Crippen LogP contribution in [0.25, 0.3) is 22.7 Å². The molecule has 31 heavy (non-hydrogen) atoms. The molecule has 0 bridgehead atoms. The maximum atomic E-state index is 13.5. The Morgan fingerprint density at radius 1 is 1.00 bits per heavy atom. The molecule has 4 rings (SSSR count). The number of para-hydroxylation sites is 2. The van der Waals surface area contributed by atoms with Crippen molar-refractivity contribution in [3.8, 4) is 5.75 Å². The summed E-state index contributed by atoms with van der Waals surface area (Å²) in [5, 5.41) is 0. The third-order valence-corrected chi connectivity index (χ3v) is 5.04. The lowest BCUT2D eigenvalue weighted by Crippen LogP contribution is -2.04. The number of carbonyl (C=O) groups is 1. The maximum Gasteiger partial charge on any atom is 0.231 e. The van der Waals surface area contributed by atoms with E-state index in [4.69, 9.17) is 9.15 Å². The van der Waals surface area contributed by atoms with Crippen molar-refractivity contribution < 1.29 is 13.9 Å². The molecule has 4 heteroatoms. The minimum absolute atomic E-state index is 0.146. The molecule has 1 aromatic heterocycles. The van der Waals surface area contributed by atoms with Crippen molar-refractivity contribution in [2.75, 3.05) is 6.61 Å². The van der Waals surface area contributed by atoms with E-state index < -0.39 is 0 Å². The fourth-order valence-electron chi connectivity index (χ4n) is 3.23. The molecule has 156 valence electrons. The number of allylic oxidation sites excluding steroid dienone is 1. The van der Waals surface area contributed by atoms with Crippen LogP contribution in [-0.4, -0.2) is 17.4 Å². The molecule has 0 fully saturated rings. The van der Waals surface area contributed by atoms with Gasteiger partial charge in [-0.25, -0.2) is 4.98 Å². The van der Waals surface area contributed by atoms with Crippen molar-refractivity contribution in [3.63, 3.8) is 0 Å². The number of Topliss-reactive ketones (excluding diaryl/α,β-unsaturated/α-hetero) is 1. The molecule has 0 spiro atoms. The first-order chi connectivity index (χ1) is 15.1. The van der Waals surface area contributed by atoms with Crippen LogP contribution in [0, 0.1) is 6.92 Å². The Bertz CT molecular complexity index is 1170. The Morgan fingerprint density at radius 2 is 1.74 bits per heavy atom. The Hall–Kier alpha value is -3.66. The molecule has 0 aliphatic rings. The van der Waals surface area contributed by atoms with Crippen molar-refractivity contribution in [3.05, 3.63) is 95.4 Å². The van der Waals surface area contributed by atoms with E-state index in [0.717, 1.165) is 35.2 Å². The van der Waals surface area contributed by atoms with Crippen LogP contribution in [0.3, 0.4) is 0 Å². The second-order valence-electron chi connectivity index (χ2n) is 7.51. The molecular formula is C27H25NO3. The smallest absolute Gasteiger partial charge is 0.231 e. The normalized spacial score (nSPS) is 11.6. The molecule has 0 amide bonds. The van der Waals surface area contributed by atoms with Crippen LogP contribution in [0.4, 0.5) is 0 Å². The minimum atomic E-state index is -0.146. The van der Waals surface area contributed by atoms with Gasteiger partial charge in [-0.2, -0.15) is 0 Å². The van der Waals surface area contributed by atoms with E-state index in [1.54, 1.807) is 12.1 Å².